The van der Waals surface area contributed by atoms with E-state index in [2.05, 4.69) is 4.98 Å². The van der Waals surface area contributed by atoms with Crippen molar-refractivity contribution in [3.8, 4) is 0 Å². The molecule has 0 aliphatic carbocycles. The fourth-order valence-corrected chi connectivity index (χ4v) is 1.69. The third kappa shape index (κ3) is 2.26. The molecule has 14 heavy (non-hydrogen) atoms. The Morgan fingerprint density at radius 1 is 1.36 bits per heavy atom. The summed E-state index contributed by atoms with van der Waals surface area (Å²) in [5.74, 6) is -2.49. The summed E-state index contributed by atoms with van der Waals surface area (Å²) >= 11 is 0. The summed E-state index contributed by atoms with van der Waals surface area (Å²) in [5, 5.41) is 0. The number of hydrogen-bond acceptors (Lipinski definition) is 2. The highest BCUT2D eigenvalue weighted by molar-refractivity contribution is 5.09. The summed E-state index contributed by atoms with van der Waals surface area (Å²) in [5.41, 5.74) is 1.04. The van der Waals surface area contributed by atoms with Crippen molar-refractivity contribution in [2.45, 2.75) is 18.9 Å². The molecule has 2 nitrogen and oxygen atoms in total. The van der Waals surface area contributed by atoms with Gasteiger partial charge in [0.1, 0.15) is 0 Å². The van der Waals surface area contributed by atoms with E-state index in [4.69, 9.17) is 0 Å². The minimum Gasteiger partial charge on any atom is -0.293 e. The van der Waals surface area contributed by atoms with Crippen molar-refractivity contribution in [1.29, 1.82) is 0 Å². The molecular weight excluding hydrogens is 186 g/mol. The summed E-state index contributed by atoms with van der Waals surface area (Å²) in [7, 11) is 0. The second-order valence-electron chi connectivity index (χ2n) is 3.67. The van der Waals surface area contributed by atoms with Crippen LogP contribution in [0, 0.1) is 0 Å². The molecule has 1 aliphatic heterocycles. The molecule has 0 amide bonds. The summed E-state index contributed by atoms with van der Waals surface area (Å²) in [6.07, 6.45) is 3.35. The summed E-state index contributed by atoms with van der Waals surface area (Å²) in [6.45, 7) is 0.961. The molecule has 0 aromatic carbocycles. The standard InChI is InChI=1S/C10H12F2N2/c11-10(12)3-6-14(8-10)7-9-1-4-13-5-2-9/h1-2,4-5H,3,6-8H2. The van der Waals surface area contributed by atoms with Crippen LogP contribution in [0.5, 0.6) is 0 Å². The molecule has 0 radical (unpaired) electrons. The van der Waals surface area contributed by atoms with Crippen molar-refractivity contribution in [1.82, 2.24) is 9.88 Å². The molecule has 1 aromatic heterocycles. The van der Waals surface area contributed by atoms with Crippen LogP contribution in [-0.4, -0.2) is 28.9 Å². The maximum absolute atomic E-state index is 12.8. The largest absolute Gasteiger partial charge is 0.293 e. The van der Waals surface area contributed by atoms with Gasteiger partial charge in [-0.3, -0.25) is 9.88 Å². The fourth-order valence-electron chi connectivity index (χ4n) is 1.69. The highest BCUT2D eigenvalue weighted by Crippen LogP contribution is 2.27. The zero-order valence-corrected chi connectivity index (χ0v) is 7.79. The molecule has 0 atom stereocenters. The first kappa shape index (κ1) is 9.52. The van der Waals surface area contributed by atoms with E-state index in [-0.39, 0.29) is 13.0 Å². The van der Waals surface area contributed by atoms with Crippen molar-refractivity contribution in [3.63, 3.8) is 0 Å². The molecule has 4 heteroatoms. The van der Waals surface area contributed by atoms with Crippen LogP contribution in [0.2, 0.25) is 0 Å². The van der Waals surface area contributed by atoms with Gasteiger partial charge in [0.15, 0.2) is 0 Å². The van der Waals surface area contributed by atoms with Gasteiger partial charge in [-0.15, -0.1) is 0 Å². The van der Waals surface area contributed by atoms with E-state index in [1.54, 1.807) is 17.3 Å². The number of halogens is 2. The Labute approximate surface area is 81.6 Å². The molecule has 0 spiro atoms. The predicted octanol–water partition coefficient (Wildman–Crippen LogP) is 1.92. The minimum absolute atomic E-state index is 0.0158. The second kappa shape index (κ2) is 3.61. The quantitative estimate of drug-likeness (QED) is 0.721. The Morgan fingerprint density at radius 3 is 2.64 bits per heavy atom. The molecule has 1 aliphatic rings. The maximum atomic E-state index is 12.8. The van der Waals surface area contributed by atoms with Crippen LogP contribution in [0.4, 0.5) is 8.78 Å². The van der Waals surface area contributed by atoms with Crippen LogP contribution in [0.3, 0.4) is 0 Å². The lowest BCUT2D eigenvalue weighted by Gasteiger charge is -2.14. The van der Waals surface area contributed by atoms with E-state index >= 15 is 0 Å². The van der Waals surface area contributed by atoms with Crippen LogP contribution >= 0.6 is 0 Å². The highest BCUT2D eigenvalue weighted by Gasteiger charge is 2.37. The van der Waals surface area contributed by atoms with Crippen molar-refractivity contribution in [2.24, 2.45) is 0 Å². The van der Waals surface area contributed by atoms with Crippen LogP contribution in [-0.2, 0) is 6.54 Å². The van der Waals surface area contributed by atoms with Crippen LogP contribution in [0.25, 0.3) is 0 Å². The first-order valence-corrected chi connectivity index (χ1v) is 4.65. The molecule has 1 fully saturated rings. The van der Waals surface area contributed by atoms with E-state index < -0.39 is 5.92 Å². The van der Waals surface area contributed by atoms with E-state index in [1.165, 1.54) is 0 Å². The number of pyridine rings is 1. The Balaban J connectivity index is 1.94. The number of rotatable bonds is 2. The molecule has 1 saturated heterocycles. The topological polar surface area (TPSA) is 16.1 Å². The van der Waals surface area contributed by atoms with Crippen molar-refractivity contribution >= 4 is 0 Å². The van der Waals surface area contributed by atoms with E-state index in [0.717, 1.165) is 5.56 Å². The van der Waals surface area contributed by atoms with E-state index in [9.17, 15) is 8.78 Å². The predicted molar refractivity (Wildman–Crippen MR) is 49.1 cm³/mol. The fraction of sp³-hybridized carbons (Fsp3) is 0.500. The van der Waals surface area contributed by atoms with Gasteiger partial charge in [-0.1, -0.05) is 0 Å². The van der Waals surface area contributed by atoms with Crippen molar-refractivity contribution in [2.75, 3.05) is 13.1 Å². The normalized spacial score (nSPS) is 21.3. The maximum Gasteiger partial charge on any atom is 0.261 e. The summed E-state index contributed by atoms with van der Waals surface area (Å²) < 4.78 is 25.7. The van der Waals surface area contributed by atoms with Gasteiger partial charge in [-0.05, 0) is 17.7 Å². The number of aromatic nitrogens is 1. The van der Waals surface area contributed by atoms with Gasteiger partial charge < -0.3 is 0 Å². The second-order valence-corrected chi connectivity index (χ2v) is 3.67. The number of likely N-dealkylation sites (tertiary alicyclic amines) is 1. The van der Waals surface area contributed by atoms with Gasteiger partial charge in [0.05, 0.1) is 6.54 Å². The Kier molecular flexibility index (Phi) is 2.46. The summed E-state index contributed by atoms with van der Waals surface area (Å²) in [4.78, 5) is 5.66. The Morgan fingerprint density at radius 2 is 2.07 bits per heavy atom. The smallest absolute Gasteiger partial charge is 0.261 e. The lowest BCUT2D eigenvalue weighted by atomic mass is 10.2. The average Bonchev–Trinajstić information content (AvgIpc) is 2.47. The lowest BCUT2D eigenvalue weighted by molar-refractivity contribution is 0.0115. The molecular formula is C10H12F2N2. The van der Waals surface area contributed by atoms with E-state index in [0.29, 0.717) is 13.1 Å². The molecule has 2 rings (SSSR count). The van der Waals surface area contributed by atoms with Gasteiger partial charge in [0, 0.05) is 31.9 Å². The zero-order valence-electron chi connectivity index (χ0n) is 7.79. The van der Waals surface area contributed by atoms with Crippen LogP contribution in [0.1, 0.15) is 12.0 Å². The molecule has 0 N–H and O–H groups in total. The number of hydrogen-bond donors (Lipinski definition) is 0. The third-order valence-corrected chi connectivity index (χ3v) is 2.40. The molecule has 0 saturated carbocycles. The Hall–Kier alpha value is -1.03. The van der Waals surface area contributed by atoms with E-state index in [1.807, 2.05) is 12.1 Å². The molecule has 0 bridgehead atoms. The monoisotopic (exact) mass is 198 g/mol. The molecule has 1 aromatic rings. The van der Waals surface area contributed by atoms with Crippen molar-refractivity contribution < 1.29 is 8.78 Å². The Bertz CT molecular complexity index is 300. The first-order valence-electron chi connectivity index (χ1n) is 4.65. The van der Waals surface area contributed by atoms with Gasteiger partial charge >= 0.3 is 0 Å². The number of alkyl halides is 2. The third-order valence-electron chi connectivity index (χ3n) is 2.40. The molecule has 2 heterocycles. The van der Waals surface area contributed by atoms with Crippen LogP contribution in [0.15, 0.2) is 24.5 Å². The van der Waals surface area contributed by atoms with Gasteiger partial charge in [-0.25, -0.2) is 8.78 Å². The minimum atomic E-state index is -2.49. The van der Waals surface area contributed by atoms with Gasteiger partial charge in [0.2, 0.25) is 0 Å². The first-order chi connectivity index (χ1) is 6.66. The van der Waals surface area contributed by atoms with Gasteiger partial charge in [0.25, 0.3) is 5.92 Å². The number of nitrogens with zero attached hydrogens (tertiary/aromatic N) is 2. The van der Waals surface area contributed by atoms with Gasteiger partial charge in [-0.2, -0.15) is 0 Å². The SMILES string of the molecule is FC1(F)CCN(Cc2ccncc2)C1. The molecule has 0 unspecified atom stereocenters. The highest BCUT2D eigenvalue weighted by atomic mass is 19.3. The average molecular weight is 198 g/mol. The summed E-state index contributed by atoms with van der Waals surface area (Å²) in [6, 6.07) is 3.72. The molecule has 76 valence electrons. The van der Waals surface area contributed by atoms with Crippen LogP contribution < -0.4 is 0 Å². The zero-order chi connectivity index (χ0) is 10.0. The lowest BCUT2D eigenvalue weighted by Crippen LogP contribution is -2.24. The van der Waals surface area contributed by atoms with Crippen molar-refractivity contribution in [3.05, 3.63) is 30.1 Å².